The average Bonchev–Trinajstić information content (AvgIpc) is 3.90. The van der Waals surface area contributed by atoms with Gasteiger partial charge in [0.25, 0.3) is 0 Å². The number of anilines is 3. The van der Waals surface area contributed by atoms with Crippen LogP contribution in [0.1, 0.15) is 0 Å². The van der Waals surface area contributed by atoms with Crippen LogP contribution in [0.3, 0.4) is 0 Å². The van der Waals surface area contributed by atoms with Gasteiger partial charge in [-0.05, 0) is 106 Å². The highest BCUT2D eigenvalue weighted by Gasteiger charge is 2.24. The van der Waals surface area contributed by atoms with Crippen molar-refractivity contribution in [3.63, 3.8) is 0 Å². The van der Waals surface area contributed by atoms with Crippen molar-refractivity contribution in [2.45, 2.75) is 0 Å². The van der Waals surface area contributed by atoms with Gasteiger partial charge in [-0.15, -0.1) is 11.3 Å². The first kappa shape index (κ1) is 36.8. The predicted molar refractivity (Wildman–Crippen MR) is 270 cm³/mol. The van der Waals surface area contributed by atoms with E-state index in [1.807, 2.05) is 11.3 Å². The smallest absolute Gasteiger partial charge is 0.0547 e. The minimum absolute atomic E-state index is 1.08. The van der Waals surface area contributed by atoms with Gasteiger partial charge in [-0.25, -0.2) is 0 Å². The first-order chi connectivity index (χ1) is 31.3. The Bertz CT molecular complexity index is 3620. The molecule has 0 bridgehead atoms. The molecule has 0 saturated heterocycles. The van der Waals surface area contributed by atoms with Crippen molar-refractivity contribution in [1.29, 1.82) is 0 Å². The summed E-state index contributed by atoms with van der Waals surface area (Å²) >= 11 is 1.85. The molecule has 0 atom stereocenters. The van der Waals surface area contributed by atoms with Crippen LogP contribution in [-0.4, -0.2) is 4.57 Å². The van der Waals surface area contributed by atoms with Crippen LogP contribution in [0.5, 0.6) is 0 Å². The number of rotatable bonds is 8. The van der Waals surface area contributed by atoms with Gasteiger partial charge in [0, 0.05) is 53.6 Å². The molecule has 2 nitrogen and oxygen atoms in total. The number of hydrogen-bond donors (Lipinski definition) is 0. The summed E-state index contributed by atoms with van der Waals surface area (Å²) in [4.78, 5) is 2.48. The molecule has 10 aromatic carbocycles. The highest BCUT2D eigenvalue weighted by Crippen LogP contribution is 2.49. The van der Waals surface area contributed by atoms with E-state index in [-0.39, 0.29) is 0 Å². The van der Waals surface area contributed by atoms with Gasteiger partial charge in [-0.2, -0.15) is 0 Å². The molecule has 12 aromatic rings. The zero-order valence-corrected chi connectivity index (χ0v) is 35.2. The second kappa shape index (κ2) is 15.5. The summed E-state index contributed by atoms with van der Waals surface area (Å²) in [5.41, 5.74) is 16.2. The van der Waals surface area contributed by atoms with Crippen molar-refractivity contribution < 1.29 is 0 Å². The van der Waals surface area contributed by atoms with E-state index < -0.39 is 0 Å². The Kier molecular flexibility index (Phi) is 9.06. The molecular formula is C60H40N2S. The lowest BCUT2D eigenvalue weighted by atomic mass is 9.87. The van der Waals surface area contributed by atoms with E-state index in [4.69, 9.17) is 0 Å². The molecule has 0 aliphatic rings. The fraction of sp³-hybridized carbons (Fsp3) is 0. The number of benzene rings is 10. The number of para-hydroxylation sites is 2. The van der Waals surface area contributed by atoms with Crippen molar-refractivity contribution in [3.8, 4) is 50.2 Å². The molecular weight excluding hydrogens is 781 g/mol. The predicted octanol–water partition coefficient (Wildman–Crippen LogP) is 17.3. The largest absolute Gasteiger partial charge is 0.310 e. The molecule has 0 N–H and O–H groups in total. The first-order valence-corrected chi connectivity index (χ1v) is 22.3. The van der Waals surface area contributed by atoms with Gasteiger partial charge in [0.1, 0.15) is 0 Å². The van der Waals surface area contributed by atoms with Crippen LogP contribution >= 0.6 is 11.3 Å². The maximum atomic E-state index is 2.48. The summed E-state index contributed by atoms with van der Waals surface area (Å²) in [5.74, 6) is 0. The Hall–Kier alpha value is -7.98. The second-order valence-electron chi connectivity index (χ2n) is 16.1. The van der Waals surface area contributed by atoms with E-state index in [1.165, 1.54) is 75.4 Å². The molecule has 3 heteroatoms. The zero-order chi connectivity index (χ0) is 41.7. The summed E-state index contributed by atoms with van der Waals surface area (Å²) in [7, 11) is 0. The maximum Gasteiger partial charge on any atom is 0.0547 e. The molecule has 0 aliphatic carbocycles. The Morgan fingerprint density at radius 3 is 1.70 bits per heavy atom. The Morgan fingerprint density at radius 2 is 0.889 bits per heavy atom. The molecule has 296 valence electrons. The maximum absolute atomic E-state index is 2.48. The molecule has 0 amide bonds. The van der Waals surface area contributed by atoms with Gasteiger partial charge in [0.05, 0.1) is 16.7 Å². The quantitative estimate of drug-likeness (QED) is 0.148. The summed E-state index contributed by atoms with van der Waals surface area (Å²) in [6.07, 6.45) is 0. The van der Waals surface area contributed by atoms with Crippen LogP contribution in [0, 0.1) is 0 Å². The topological polar surface area (TPSA) is 8.17 Å². The summed E-state index contributed by atoms with van der Waals surface area (Å²) < 4.78 is 4.98. The average molecular weight is 821 g/mol. The standard InChI is InChI=1S/C60H40N2S/c1-4-18-41(19-5-1)48-26-10-11-29-53(48)60-49(42-20-6-2-7-21-42)30-17-32-56(60)61(47-35-37-59-54(40-47)52-28-13-15-33-58(52)63-59)46-25-16-22-43(38-46)44-34-36-51-50-27-12-14-31-55(50)62(57(51)39-44)45-23-8-3-9-24-45/h1-40H. The van der Waals surface area contributed by atoms with Crippen LogP contribution in [0.25, 0.3) is 92.2 Å². The molecule has 2 aromatic heterocycles. The van der Waals surface area contributed by atoms with Crippen molar-refractivity contribution in [1.82, 2.24) is 4.57 Å². The van der Waals surface area contributed by atoms with Crippen LogP contribution in [0.2, 0.25) is 0 Å². The lowest BCUT2D eigenvalue weighted by Crippen LogP contribution is -2.12. The highest BCUT2D eigenvalue weighted by atomic mass is 32.1. The number of thiophene rings is 1. The van der Waals surface area contributed by atoms with E-state index in [2.05, 4.69) is 252 Å². The van der Waals surface area contributed by atoms with Gasteiger partial charge in [0.2, 0.25) is 0 Å². The Morgan fingerprint density at radius 1 is 0.317 bits per heavy atom. The number of fused-ring (bicyclic) bond motifs is 6. The first-order valence-electron chi connectivity index (χ1n) is 21.5. The highest BCUT2D eigenvalue weighted by molar-refractivity contribution is 7.25. The molecule has 63 heavy (non-hydrogen) atoms. The molecule has 2 heterocycles. The van der Waals surface area contributed by atoms with Gasteiger partial charge >= 0.3 is 0 Å². The van der Waals surface area contributed by atoms with Crippen molar-refractivity contribution in [2.24, 2.45) is 0 Å². The summed E-state index contributed by atoms with van der Waals surface area (Å²) in [5, 5.41) is 5.04. The fourth-order valence-corrected chi connectivity index (χ4v) is 10.6. The van der Waals surface area contributed by atoms with Crippen molar-refractivity contribution in [3.05, 3.63) is 243 Å². The van der Waals surface area contributed by atoms with Crippen LogP contribution in [0.15, 0.2) is 243 Å². The lowest BCUT2D eigenvalue weighted by molar-refractivity contribution is 1.18. The van der Waals surface area contributed by atoms with Gasteiger partial charge in [-0.3, -0.25) is 0 Å². The number of nitrogens with zero attached hydrogens (tertiary/aromatic N) is 2. The third-order valence-corrected chi connectivity index (χ3v) is 13.5. The van der Waals surface area contributed by atoms with Crippen molar-refractivity contribution in [2.75, 3.05) is 4.90 Å². The zero-order valence-electron chi connectivity index (χ0n) is 34.4. The third-order valence-electron chi connectivity index (χ3n) is 12.4. The van der Waals surface area contributed by atoms with E-state index in [9.17, 15) is 0 Å². The van der Waals surface area contributed by atoms with E-state index in [0.29, 0.717) is 0 Å². The summed E-state index contributed by atoms with van der Waals surface area (Å²) in [6.45, 7) is 0. The monoisotopic (exact) mass is 820 g/mol. The van der Waals surface area contributed by atoms with Crippen molar-refractivity contribution >= 4 is 70.4 Å². The van der Waals surface area contributed by atoms with Crippen LogP contribution in [0.4, 0.5) is 17.1 Å². The van der Waals surface area contributed by atoms with Crippen LogP contribution in [-0.2, 0) is 0 Å². The Labute approximate surface area is 370 Å². The van der Waals surface area contributed by atoms with E-state index >= 15 is 0 Å². The third kappa shape index (κ3) is 6.41. The molecule has 0 unspecified atom stereocenters. The second-order valence-corrected chi connectivity index (χ2v) is 17.1. The molecule has 12 rings (SSSR count). The fourth-order valence-electron chi connectivity index (χ4n) is 9.55. The molecule has 0 radical (unpaired) electrons. The molecule has 0 spiro atoms. The number of hydrogen-bond acceptors (Lipinski definition) is 2. The lowest BCUT2D eigenvalue weighted by Gasteiger charge is -2.30. The molecule has 0 aliphatic heterocycles. The summed E-state index contributed by atoms with van der Waals surface area (Å²) in [6, 6.07) is 88.6. The van der Waals surface area contributed by atoms with Gasteiger partial charge < -0.3 is 9.47 Å². The molecule has 0 saturated carbocycles. The SMILES string of the molecule is c1ccc(-c2ccccc2-c2c(-c3ccccc3)cccc2N(c2cccc(-c3ccc4c5ccccc5n(-c5ccccc5)c4c3)c2)c2ccc3sc4ccccc4c3c2)cc1. The van der Waals surface area contributed by atoms with Crippen LogP contribution < -0.4 is 4.90 Å². The minimum Gasteiger partial charge on any atom is -0.310 e. The Balaban J connectivity index is 1.12. The molecule has 0 fully saturated rings. The number of aromatic nitrogens is 1. The van der Waals surface area contributed by atoms with Gasteiger partial charge in [0.15, 0.2) is 0 Å². The van der Waals surface area contributed by atoms with E-state index in [0.717, 1.165) is 33.9 Å². The van der Waals surface area contributed by atoms with Gasteiger partial charge in [-0.1, -0.05) is 176 Å². The minimum atomic E-state index is 1.08. The normalized spacial score (nSPS) is 11.5. The van der Waals surface area contributed by atoms with E-state index in [1.54, 1.807) is 0 Å².